The molecule has 0 aromatic rings. The van der Waals surface area contributed by atoms with Crippen LogP contribution in [0.15, 0.2) is 5.18 Å². The lowest BCUT2D eigenvalue weighted by atomic mass is 9.93. The molecule has 0 aromatic carbocycles. The van der Waals surface area contributed by atoms with Crippen LogP contribution in [0.3, 0.4) is 0 Å². The summed E-state index contributed by atoms with van der Waals surface area (Å²) in [5.74, 6) is 0. The summed E-state index contributed by atoms with van der Waals surface area (Å²) in [6.45, 7) is 6.13. The molecular formula is C9H19NO. The summed E-state index contributed by atoms with van der Waals surface area (Å²) < 4.78 is 0. The molecule has 0 fully saturated rings. The number of hydrogen-bond donors (Lipinski definition) is 0. The van der Waals surface area contributed by atoms with Gasteiger partial charge in [0.25, 0.3) is 0 Å². The van der Waals surface area contributed by atoms with Crippen molar-refractivity contribution in [2.24, 2.45) is 5.18 Å². The molecule has 0 spiro atoms. The van der Waals surface area contributed by atoms with Gasteiger partial charge in [0.1, 0.15) is 0 Å². The Balaban J connectivity index is 3.60. The van der Waals surface area contributed by atoms with E-state index in [1.807, 2.05) is 13.8 Å². The highest BCUT2D eigenvalue weighted by atomic mass is 16.3. The maximum absolute atomic E-state index is 10.4. The maximum Gasteiger partial charge on any atom is 0.0996 e. The zero-order chi connectivity index (χ0) is 8.74. The van der Waals surface area contributed by atoms with E-state index in [2.05, 4.69) is 12.1 Å². The lowest BCUT2D eigenvalue weighted by Crippen LogP contribution is -2.19. The Morgan fingerprint density at radius 1 is 1.27 bits per heavy atom. The third-order valence-corrected chi connectivity index (χ3v) is 2.30. The normalized spacial score (nSPS) is 15.9. The number of rotatable bonds is 6. The van der Waals surface area contributed by atoms with Crippen molar-refractivity contribution >= 4 is 0 Å². The number of nitroso groups, excluding NO2 is 1. The Morgan fingerprint density at radius 3 is 2.27 bits per heavy atom. The molecule has 0 amide bonds. The first-order valence-electron chi connectivity index (χ1n) is 4.53. The van der Waals surface area contributed by atoms with Crippen LogP contribution in [0.2, 0.25) is 0 Å². The third kappa shape index (κ3) is 4.12. The molecule has 0 aromatic heterocycles. The van der Waals surface area contributed by atoms with Gasteiger partial charge in [0.2, 0.25) is 0 Å². The van der Waals surface area contributed by atoms with Gasteiger partial charge in [0.05, 0.1) is 5.54 Å². The maximum atomic E-state index is 10.4. The molecule has 11 heavy (non-hydrogen) atoms. The highest BCUT2D eigenvalue weighted by Crippen LogP contribution is 2.22. The summed E-state index contributed by atoms with van der Waals surface area (Å²) in [7, 11) is 0. The summed E-state index contributed by atoms with van der Waals surface area (Å²) in [6, 6.07) is 0. The SMILES string of the molecule is CCCCCC(C)(CC)N=O. The van der Waals surface area contributed by atoms with Gasteiger partial charge in [-0.25, -0.2) is 0 Å². The monoisotopic (exact) mass is 157 g/mol. The molecule has 0 aliphatic rings. The Morgan fingerprint density at radius 2 is 1.91 bits per heavy atom. The van der Waals surface area contributed by atoms with Crippen LogP contribution in [-0.2, 0) is 0 Å². The van der Waals surface area contributed by atoms with Crippen molar-refractivity contribution in [2.75, 3.05) is 0 Å². The van der Waals surface area contributed by atoms with E-state index in [9.17, 15) is 4.91 Å². The van der Waals surface area contributed by atoms with Crippen molar-refractivity contribution in [1.82, 2.24) is 0 Å². The fourth-order valence-electron chi connectivity index (χ4n) is 1.04. The second kappa shape index (κ2) is 5.28. The van der Waals surface area contributed by atoms with Gasteiger partial charge in [0, 0.05) is 0 Å². The smallest absolute Gasteiger partial charge is 0.0996 e. The predicted molar refractivity (Wildman–Crippen MR) is 48.6 cm³/mol. The molecule has 66 valence electrons. The molecule has 0 aliphatic heterocycles. The van der Waals surface area contributed by atoms with E-state index >= 15 is 0 Å². The van der Waals surface area contributed by atoms with Gasteiger partial charge in [-0.1, -0.05) is 38.3 Å². The Kier molecular flexibility index (Phi) is 5.08. The van der Waals surface area contributed by atoms with E-state index in [-0.39, 0.29) is 5.54 Å². The van der Waals surface area contributed by atoms with E-state index in [0.29, 0.717) is 0 Å². The highest BCUT2D eigenvalue weighted by Gasteiger charge is 2.21. The molecule has 0 saturated heterocycles. The summed E-state index contributed by atoms with van der Waals surface area (Å²) in [4.78, 5) is 10.4. The van der Waals surface area contributed by atoms with Gasteiger partial charge < -0.3 is 0 Å². The third-order valence-electron chi connectivity index (χ3n) is 2.30. The molecule has 0 aliphatic carbocycles. The van der Waals surface area contributed by atoms with Gasteiger partial charge in [-0.15, -0.1) is 0 Å². The molecular weight excluding hydrogens is 138 g/mol. The molecule has 1 unspecified atom stereocenters. The second-order valence-corrected chi connectivity index (χ2v) is 3.40. The molecule has 0 rings (SSSR count). The van der Waals surface area contributed by atoms with Crippen LogP contribution in [0.4, 0.5) is 0 Å². The van der Waals surface area contributed by atoms with Gasteiger partial charge in [-0.3, -0.25) is 0 Å². The molecule has 1 atom stereocenters. The summed E-state index contributed by atoms with van der Waals surface area (Å²) >= 11 is 0. The Bertz CT molecular complexity index is 114. The van der Waals surface area contributed by atoms with Crippen LogP contribution in [0.5, 0.6) is 0 Å². The zero-order valence-corrected chi connectivity index (χ0v) is 7.89. The van der Waals surface area contributed by atoms with E-state index in [4.69, 9.17) is 0 Å². The lowest BCUT2D eigenvalue weighted by Gasteiger charge is -2.18. The van der Waals surface area contributed by atoms with E-state index in [1.54, 1.807) is 0 Å². The average molecular weight is 157 g/mol. The van der Waals surface area contributed by atoms with Crippen molar-refractivity contribution in [3.8, 4) is 0 Å². The summed E-state index contributed by atoms with van der Waals surface area (Å²) in [5.41, 5.74) is -0.296. The topological polar surface area (TPSA) is 29.4 Å². The van der Waals surface area contributed by atoms with Crippen molar-refractivity contribution < 1.29 is 0 Å². The minimum Gasteiger partial charge on any atom is -0.150 e. The first-order chi connectivity index (χ1) is 5.18. The lowest BCUT2D eigenvalue weighted by molar-refractivity contribution is 0.398. The standard InChI is InChI=1S/C9H19NO/c1-4-6-7-8-9(3,5-2)10-11/h4-8H2,1-3H3. The minimum absolute atomic E-state index is 0.296. The van der Waals surface area contributed by atoms with Gasteiger partial charge in [-0.2, -0.15) is 4.91 Å². The Labute approximate surface area is 69.4 Å². The van der Waals surface area contributed by atoms with Crippen molar-refractivity contribution in [3.63, 3.8) is 0 Å². The largest absolute Gasteiger partial charge is 0.150 e. The average Bonchev–Trinajstić information content (AvgIpc) is 2.05. The quantitative estimate of drug-likeness (QED) is 0.428. The van der Waals surface area contributed by atoms with Gasteiger partial charge in [-0.05, 0) is 19.8 Å². The van der Waals surface area contributed by atoms with Crippen LogP contribution in [0, 0.1) is 4.91 Å². The fourth-order valence-corrected chi connectivity index (χ4v) is 1.04. The molecule has 0 saturated carbocycles. The molecule has 2 heteroatoms. The van der Waals surface area contributed by atoms with Crippen LogP contribution in [-0.4, -0.2) is 5.54 Å². The molecule has 2 nitrogen and oxygen atoms in total. The van der Waals surface area contributed by atoms with E-state index in [1.165, 1.54) is 12.8 Å². The van der Waals surface area contributed by atoms with E-state index in [0.717, 1.165) is 19.3 Å². The van der Waals surface area contributed by atoms with Crippen LogP contribution in [0.1, 0.15) is 52.9 Å². The van der Waals surface area contributed by atoms with E-state index < -0.39 is 0 Å². The van der Waals surface area contributed by atoms with Crippen molar-refractivity contribution in [3.05, 3.63) is 4.91 Å². The molecule has 0 bridgehead atoms. The van der Waals surface area contributed by atoms with Gasteiger partial charge >= 0.3 is 0 Å². The second-order valence-electron chi connectivity index (χ2n) is 3.40. The van der Waals surface area contributed by atoms with Crippen LogP contribution in [0.25, 0.3) is 0 Å². The first-order valence-corrected chi connectivity index (χ1v) is 4.53. The minimum atomic E-state index is -0.296. The fraction of sp³-hybridized carbons (Fsp3) is 1.00. The number of hydrogen-bond acceptors (Lipinski definition) is 2. The predicted octanol–water partition coefficient (Wildman–Crippen LogP) is 3.50. The van der Waals surface area contributed by atoms with Crippen LogP contribution >= 0.6 is 0 Å². The summed E-state index contributed by atoms with van der Waals surface area (Å²) in [6.07, 6.45) is 5.36. The molecule has 0 heterocycles. The number of unbranched alkanes of at least 4 members (excludes halogenated alkanes) is 2. The Hall–Kier alpha value is -0.400. The zero-order valence-electron chi connectivity index (χ0n) is 7.89. The first kappa shape index (κ1) is 10.6. The number of nitrogens with zero attached hydrogens (tertiary/aromatic N) is 1. The molecule has 0 N–H and O–H groups in total. The van der Waals surface area contributed by atoms with Crippen molar-refractivity contribution in [1.29, 1.82) is 0 Å². The molecule has 0 radical (unpaired) electrons. The summed E-state index contributed by atoms with van der Waals surface area (Å²) in [5, 5.41) is 3.16. The highest BCUT2D eigenvalue weighted by molar-refractivity contribution is 4.80. The van der Waals surface area contributed by atoms with Crippen molar-refractivity contribution in [2.45, 2.75) is 58.4 Å². The van der Waals surface area contributed by atoms with Crippen LogP contribution < -0.4 is 0 Å². The van der Waals surface area contributed by atoms with Gasteiger partial charge in [0.15, 0.2) is 0 Å².